The Balaban J connectivity index is 2.84. The predicted octanol–water partition coefficient (Wildman–Crippen LogP) is 2.33. The molecule has 1 aromatic rings. The van der Waals surface area contributed by atoms with Crippen LogP contribution in [0.25, 0.3) is 0 Å². The zero-order chi connectivity index (χ0) is 12.9. The Kier molecular flexibility index (Phi) is 4.90. The number of pyridine rings is 1. The number of aliphatic hydroxyl groups is 1. The van der Waals surface area contributed by atoms with Gasteiger partial charge in [-0.25, -0.2) is 0 Å². The molecule has 0 spiro atoms. The van der Waals surface area contributed by atoms with Crippen LogP contribution >= 0.6 is 0 Å². The number of methoxy groups -OCH3 is 1. The molecule has 1 unspecified atom stereocenters. The molecular formula is C13H21NO3. The zero-order valence-electron chi connectivity index (χ0n) is 10.9. The van der Waals surface area contributed by atoms with Gasteiger partial charge < -0.3 is 14.6 Å². The van der Waals surface area contributed by atoms with Gasteiger partial charge in [-0.3, -0.25) is 4.98 Å². The fourth-order valence-corrected chi connectivity index (χ4v) is 1.40. The van der Waals surface area contributed by atoms with Gasteiger partial charge in [-0.1, -0.05) is 6.92 Å². The van der Waals surface area contributed by atoms with E-state index in [1.165, 1.54) is 0 Å². The average molecular weight is 239 g/mol. The molecule has 0 amide bonds. The van der Waals surface area contributed by atoms with Crippen molar-refractivity contribution >= 4 is 0 Å². The van der Waals surface area contributed by atoms with E-state index < -0.39 is 11.7 Å². The SMILES string of the molecule is CCCOc1cncc(C(O)C(C)(C)OC)c1. The average Bonchev–Trinajstić information content (AvgIpc) is 2.35. The minimum atomic E-state index is -0.731. The molecule has 0 aliphatic heterocycles. The first kappa shape index (κ1) is 13.9. The van der Waals surface area contributed by atoms with Crippen LogP contribution in [0.3, 0.4) is 0 Å². The van der Waals surface area contributed by atoms with E-state index in [4.69, 9.17) is 9.47 Å². The molecule has 0 aliphatic rings. The van der Waals surface area contributed by atoms with Crippen LogP contribution in [0.1, 0.15) is 38.9 Å². The molecule has 1 N–H and O–H groups in total. The molecule has 0 saturated heterocycles. The lowest BCUT2D eigenvalue weighted by Gasteiger charge is -2.29. The van der Waals surface area contributed by atoms with Crippen LogP contribution in [0, 0.1) is 0 Å². The topological polar surface area (TPSA) is 51.6 Å². The summed E-state index contributed by atoms with van der Waals surface area (Å²) in [4.78, 5) is 4.07. The fourth-order valence-electron chi connectivity index (χ4n) is 1.40. The molecule has 0 radical (unpaired) electrons. The molecule has 0 aromatic carbocycles. The Morgan fingerprint density at radius 3 is 2.71 bits per heavy atom. The van der Waals surface area contributed by atoms with Crippen molar-refractivity contribution in [3.05, 3.63) is 24.0 Å². The second-order valence-electron chi connectivity index (χ2n) is 4.51. The lowest BCUT2D eigenvalue weighted by atomic mass is 9.96. The molecule has 1 heterocycles. The van der Waals surface area contributed by atoms with Crippen LogP contribution in [0.4, 0.5) is 0 Å². The molecule has 0 bridgehead atoms. The molecule has 4 heteroatoms. The quantitative estimate of drug-likeness (QED) is 0.827. The number of hydrogen-bond acceptors (Lipinski definition) is 4. The Labute approximate surface area is 103 Å². The maximum atomic E-state index is 10.2. The lowest BCUT2D eigenvalue weighted by Crippen LogP contribution is -2.31. The Morgan fingerprint density at radius 2 is 2.12 bits per heavy atom. The normalized spacial score (nSPS) is 13.5. The van der Waals surface area contributed by atoms with Crippen molar-refractivity contribution in [3.63, 3.8) is 0 Å². The van der Waals surface area contributed by atoms with E-state index in [2.05, 4.69) is 4.98 Å². The summed E-state index contributed by atoms with van der Waals surface area (Å²) in [5.74, 6) is 0.676. The van der Waals surface area contributed by atoms with E-state index in [0.717, 1.165) is 6.42 Å². The monoisotopic (exact) mass is 239 g/mol. The third-order valence-electron chi connectivity index (χ3n) is 2.71. The highest BCUT2D eigenvalue weighted by Crippen LogP contribution is 2.29. The van der Waals surface area contributed by atoms with Gasteiger partial charge in [0.05, 0.1) is 18.4 Å². The highest BCUT2D eigenvalue weighted by atomic mass is 16.5. The molecule has 1 atom stereocenters. The van der Waals surface area contributed by atoms with Crippen LogP contribution in [-0.2, 0) is 4.74 Å². The lowest BCUT2D eigenvalue weighted by molar-refractivity contribution is -0.0795. The first-order valence-electron chi connectivity index (χ1n) is 5.82. The van der Waals surface area contributed by atoms with E-state index in [1.54, 1.807) is 25.6 Å². The molecule has 1 rings (SSSR count). The largest absolute Gasteiger partial charge is 0.492 e. The number of hydrogen-bond donors (Lipinski definition) is 1. The minimum Gasteiger partial charge on any atom is -0.492 e. The van der Waals surface area contributed by atoms with Crippen LogP contribution in [0.15, 0.2) is 18.5 Å². The van der Waals surface area contributed by atoms with Crippen molar-refractivity contribution in [3.8, 4) is 5.75 Å². The zero-order valence-corrected chi connectivity index (χ0v) is 10.9. The molecule has 0 fully saturated rings. The fraction of sp³-hybridized carbons (Fsp3) is 0.615. The Morgan fingerprint density at radius 1 is 1.41 bits per heavy atom. The van der Waals surface area contributed by atoms with Gasteiger partial charge in [-0.2, -0.15) is 0 Å². The van der Waals surface area contributed by atoms with Crippen molar-refractivity contribution in [2.75, 3.05) is 13.7 Å². The number of rotatable bonds is 6. The van der Waals surface area contributed by atoms with Crippen LogP contribution in [0.2, 0.25) is 0 Å². The van der Waals surface area contributed by atoms with Crippen molar-refractivity contribution in [1.82, 2.24) is 4.98 Å². The maximum Gasteiger partial charge on any atom is 0.137 e. The van der Waals surface area contributed by atoms with Crippen molar-refractivity contribution < 1.29 is 14.6 Å². The first-order chi connectivity index (χ1) is 8.01. The molecule has 1 aromatic heterocycles. The highest BCUT2D eigenvalue weighted by Gasteiger charge is 2.29. The van der Waals surface area contributed by atoms with E-state index in [1.807, 2.05) is 20.8 Å². The van der Waals surface area contributed by atoms with Crippen molar-refractivity contribution in [2.45, 2.75) is 38.9 Å². The van der Waals surface area contributed by atoms with Crippen molar-refractivity contribution in [1.29, 1.82) is 0 Å². The molecule has 96 valence electrons. The van der Waals surface area contributed by atoms with Gasteiger partial charge in [-0.05, 0) is 26.3 Å². The van der Waals surface area contributed by atoms with Gasteiger partial charge in [0, 0.05) is 18.9 Å². The van der Waals surface area contributed by atoms with Crippen LogP contribution in [0.5, 0.6) is 5.75 Å². The van der Waals surface area contributed by atoms with Gasteiger partial charge in [0.2, 0.25) is 0 Å². The van der Waals surface area contributed by atoms with E-state index in [0.29, 0.717) is 17.9 Å². The molecule has 17 heavy (non-hydrogen) atoms. The Hall–Kier alpha value is -1.13. The van der Waals surface area contributed by atoms with Crippen molar-refractivity contribution in [2.24, 2.45) is 0 Å². The van der Waals surface area contributed by atoms with Gasteiger partial charge in [0.15, 0.2) is 0 Å². The summed E-state index contributed by atoms with van der Waals surface area (Å²) in [6.45, 7) is 6.35. The summed E-state index contributed by atoms with van der Waals surface area (Å²) < 4.78 is 10.7. The third-order valence-corrected chi connectivity index (χ3v) is 2.71. The second kappa shape index (κ2) is 5.98. The van der Waals surface area contributed by atoms with Gasteiger partial charge >= 0.3 is 0 Å². The van der Waals surface area contributed by atoms with E-state index in [-0.39, 0.29) is 0 Å². The second-order valence-corrected chi connectivity index (χ2v) is 4.51. The highest BCUT2D eigenvalue weighted by molar-refractivity contribution is 5.26. The molecule has 0 aliphatic carbocycles. The van der Waals surface area contributed by atoms with Crippen LogP contribution in [-0.4, -0.2) is 29.4 Å². The molecule has 0 saturated carbocycles. The Bertz CT molecular complexity index is 352. The number of aliphatic hydroxyl groups excluding tert-OH is 1. The summed E-state index contributed by atoms with van der Waals surface area (Å²) in [6, 6.07) is 1.80. The maximum absolute atomic E-state index is 10.2. The molecular weight excluding hydrogens is 218 g/mol. The standard InChI is InChI=1S/C13H21NO3/c1-5-6-17-11-7-10(8-14-9-11)12(15)13(2,3)16-4/h7-9,12,15H,5-6H2,1-4H3. The van der Waals surface area contributed by atoms with E-state index >= 15 is 0 Å². The summed E-state index contributed by atoms with van der Waals surface area (Å²) in [5.41, 5.74) is 0.0517. The number of aromatic nitrogens is 1. The first-order valence-corrected chi connectivity index (χ1v) is 5.82. The summed E-state index contributed by atoms with van der Waals surface area (Å²) in [5, 5.41) is 10.2. The summed E-state index contributed by atoms with van der Waals surface area (Å²) in [7, 11) is 1.58. The number of ether oxygens (including phenoxy) is 2. The minimum absolute atomic E-state index is 0.648. The van der Waals surface area contributed by atoms with Gasteiger partial charge in [-0.15, -0.1) is 0 Å². The van der Waals surface area contributed by atoms with Crippen LogP contribution < -0.4 is 4.74 Å². The van der Waals surface area contributed by atoms with E-state index in [9.17, 15) is 5.11 Å². The third kappa shape index (κ3) is 3.68. The smallest absolute Gasteiger partial charge is 0.137 e. The van der Waals surface area contributed by atoms with Gasteiger partial charge in [0.25, 0.3) is 0 Å². The molecule has 4 nitrogen and oxygen atoms in total. The summed E-state index contributed by atoms with van der Waals surface area (Å²) in [6.07, 6.45) is 3.48. The van der Waals surface area contributed by atoms with Gasteiger partial charge in [0.1, 0.15) is 11.9 Å². The number of nitrogens with zero attached hydrogens (tertiary/aromatic N) is 1. The predicted molar refractivity (Wildman–Crippen MR) is 66.1 cm³/mol. The summed E-state index contributed by atoms with van der Waals surface area (Å²) >= 11 is 0.